The van der Waals surface area contributed by atoms with Gasteiger partial charge in [-0.15, -0.1) is 0 Å². The van der Waals surface area contributed by atoms with Gasteiger partial charge in [0.15, 0.2) is 0 Å². The molecule has 1 amide bonds. The Morgan fingerprint density at radius 3 is 2.24 bits per heavy atom. The quantitative estimate of drug-likeness (QED) is 0.704. The van der Waals surface area contributed by atoms with E-state index in [9.17, 15) is 4.79 Å². The summed E-state index contributed by atoms with van der Waals surface area (Å²) in [5, 5.41) is 6.36. The highest BCUT2D eigenvalue weighted by Crippen LogP contribution is 2.19. The zero-order valence-electron chi connectivity index (χ0n) is 12.1. The van der Waals surface area contributed by atoms with E-state index in [0.717, 1.165) is 19.4 Å². The van der Waals surface area contributed by atoms with Crippen LogP contribution in [0, 0.1) is 0 Å². The molecule has 0 aromatic rings. The molecule has 0 aromatic heterocycles. The summed E-state index contributed by atoms with van der Waals surface area (Å²) in [6.45, 7) is 11.3. The lowest BCUT2D eigenvalue weighted by Crippen LogP contribution is -2.48. The van der Waals surface area contributed by atoms with Gasteiger partial charge in [-0.2, -0.15) is 11.8 Å². The van der Waals surface area contributed by atoms with Crippen LogP contribution in [-0.4, -0.2) is 35.5 Å². The Morgan fingerprint density at radius 1 is 1.29 bits per heavy atom. The van der Waals surface area contributed by atoms with Crippen LogP contribution in [0.2, 0.25) is 0 Å². The van der Waals surface area contributed by atoms with Crippen LogP contribution in [0.25, 0.3) is 0 Å². The smallest absolute Gasteiger partial charge is 0.237 e. The van der Waals surface area contributed by atoms with Crippen molar-refractivity contribution < 1.29 is 4.79 Å². The van der Waals surface area contributed by atoms with Crippen LogP contribution in [0.1, 0.15) is 47.5 Å². The summed E-state index contributed by atoms with van der Waals surface area (Å²) in [6, 6.07) is 0.183. The molecule has 0 aromatic carbocycles. The molecule has 0 bridgehead atoms. The van der Waals surface area contributed by atoms with E-state index < -0.39 is 0 Å². The van der Waals surface area contributed by atoms with Crippen molar-refractivity contribution in [3.8, 4) is 0 Å². The maximum atomic E-state index is 11.9. The summed E-state index contributed by atoms with van der Waals surface area (Å²) < 4.78 is 0.170. The third-order valence-electron chi connectivity index (χ3n) is 3.11. The summed E-state index contributed by atoms with van der Waals surface area (Å²) in [5.41, 5.74) is 0. The number of rotatable bonds is 8. The Hall–Kier alpha value is -0.220. The maximum Gasteiger partial charge on any atom is 0.237 e. The van der Waals surface area contributed by atoms with Crippen LogP contribution >= 0.6 is 11.8 Å². The molecule has 3 nitrogen and oxygen atoms in total. The summed E-state index contributed by atoms with van der Waals surface area (Å²) >= 11 is 1.81. The third-order valence-corrected chi connectivity index (χ3v) is 4.36. The first-order valence-electron chi connectivity index (χ1n) is 6.45. The van der Waals surface area contributed by atoms with Gasteiger partial charge < -0.3 is 10.6 Å². The molecule has 0 aliphatic carbocycles. The van der Waals surface area contributed by atoms with Gasteiger partial charge in [0.05, 0.1) is 6.04 Å². The van der Waals surface area contributed by atoms with E-state index >= 15 is 0 Å². The second kappa shape index (κ2) is 7.98. The van der Waals surface area contributed by atoms with Crippen molar-refractivity contribution in [3.05, 3.63) is 0 Å². The highest BCUT2D eigenvalue weighted by Gasteiger charge is 2.20. The fourth-order valence-electron chi connectivity index (χ4n) is 1.38. The first-order chi connectivity index (χ1) is 7.86. The average Bonchev–Trinajstić information content (AvgIpc) is 2.32. The van der Waals surface area contributed by atoms with Crippen LogP contribution in [0.15, 0.2) is 0 Å². The van der Waals surface area contributed by atoms with Crippen molar-refractivity contribution in [3.63, 3.8) is 0 Å². The molecule has 0 fully saturated rings. The van der Waals surface area contributed by atoms with Crippen molar-refractivity contribution in [2.75, 3.05) is 12.8 Å². The highest BCUT2D eigenvalue weighted by atomic mass is 32.2. The van der Waals surface area contributed by atoms with Gasteiger partial charge >= 0.3 is 0 Å². The fraction of sp³-hybridized carbons (Fsp3) is 0.923. The minimum absolute atomic E-state index is 0.107. The van der Waals surface area contributed by atoms with Crippen LogP contribution in [0.4, 0.5) is 0 Å². The Labute approximate surface area is 111 Å². The highest BCUT2D eigenvalue weighted by molar-refractivity contribution is 7.99. The Bertz CT molecular complexity index is 227. The molecule has 17 heavy (non-hydrogen) atoms. The maximum absolute atomic E-state index is 11.9. The third kappa shape index (κ3) is 6.94. The molecule has 0 heterocycles. The van der Waals surface area contributed by atoms with Crippen molar-refractivity contribution >= 4 is 17.7 Å². The van der Waals surface area contributed by atoms with E-state index in [4.69, 9.17) is 0 Å². The number of nitrogens with one attached hydrogen (secondary N) is 2. The van der Waals surface area contributed by atoms with Gasteiger partial charge in [0, 0.05) is 17.3 Å². The Morgan fingerprint density at radius 2 is 1.82 bits per heavy atom. The zero-order valence-corrected chi connectivity index (χ0v) is 12.9. The van der Waals surface area contributed by atoms with Gasteiger partial charge in [-0.3, -0.25) is 4.79 Å². The predicted molar refractivity (Wildman–Crippen MR) is 77.6 cm³/mol. The molecule has 0 saturated heterocycles. The molecule has 0 aliphatic heterocycles. The minimum Gasteiger partial charge on any atom is -0.352 e. The van der Waals surface area contributed by atoms with Gasteiger partial charge in [0.1, 0.15) is 0 Å². The van der Waals surface area contributed by atoms with Crippen LogP contribution < -0.4 is 10.6 Å². The van der Waals surface area contributed by atoms with Crippen molar-refractivity contribution in [1.29, 1.82) is 0 Å². The fourth-order valence-corrected chi connectivity index (χ4v) is 1.61. The normalized spacial score (nSPS) is 13.8. The molecule has 0 rings (SSSR count). The van der Waals surface area contributed by atoms with Crippen LogP contribution in [-0.2, 0) is 4.79 Å². The molecule has 4 heteroatoms. The minimum atomic E-state index is -0.123. The van der Waals surface area contributed by atoms with E-state index in [2.05, 4.69) is 44.6 Å². The average molecular weight is 260 g/mol. The van der Waals surface area contributed by atoms with E-state index in [1.165, 1.54) is 0 Å². The molecular weight excluding hydrogens is 232 g/mol. The molecule has 1 unspecified atom stereocenters. The van der Waals surface area contributed by atoms with Gasteiger partial charge in [-0.25, -0.2) is 0 Å². The van der Waals surface area contributed by atoms with Crippen molar-refractivity contribution in [2.24, 2.45) is 0 Å². The number of thioether (sulfide) groups is 1. The summed E-state index contributed by atoms with van der Waals surface area (Å²) in [6.07, 6.45) is 4.08. The number of carbonyl (C=O) groups is 1. The number of hydrogen-bond acceptors (Lipinski definition) is 3. The lowest BCUT2D eigenvalue weighted by Gasteiger charge is -2.25. The molecule has 0 radical (unpaired) electrons. The topological polar surface area (TPSA) is 41.1 Å². The predicted octanol–water partition coefficient (Wildman–Crippen LogP) is 2.41. The number of amides is 1. The van der Waals surface area contributed by atoms with Gasteiger partial charge in [-0.1, -0.05) is 13.8 Å². The summed E-state index contributed by atoms with van der Waals surface area (Å²) in [4.78, 5) is 11.9. The Balaban J connectivity index is 4.06. The lowest BCUT2D eigenvalue weighted by atomic mass is 10.1. The summed E-state index contributed by atoms with van der Waals surface area (Å²) in [5.74, 6) is 0.107. The second-order valence-corrected chi connectivity index (χ2v) is 6.60. The largest absolute Gasteiger partial charge is 0.352 e. The molecule has 0 saturated carbocycles. The second-order valence-electron chi connectivity index (χ2n) is 5.09. The number of carbonyl (C=O) groups excluding carboxylic acids is 1. The number of hydrogen-bond donors (Lipinski definition) is 2. The molecule has 0 aliphatic rings. The van der Waals surface area contributed by atoms with Crippen LogP contribution in [0.3, 0.4) is 0 Å². The van der Waals surface area contributed by atoms with E-state index in [1.54, 1.807) is 0 Å². The van der Waals surface area contributed by atoms with Gasteiger partial charge in [0.2, 0.25) is 5.91 Å². The van der Waals surface area contributed by atoms with E-state index in [0.29, 0.717) is 6.04 Å². The van der Waals surface area contributed by atoms with Crippen molar-refractivity contribution in [2.45, 2.75) is 64.3 Å². The van der Waals surface area contributed by atoms with Crippen LogP contribution in [0.5, 0.6) is 0 Å². The molecule has 102 valence electrons. The van der Waals surface area contributed by atoms with E-state index in [1.807, 2.05) is 18.7 Å². The lowest BCUT2D eigenvalue weighted by molar-refractivity contribution is -0.123. The molecule has 1 atom stereocenters. The Kier molecular flexibility index (Phi) is 7.88. The summed E-state index contributed by atoms with van der Waals surface area (Å²) in [7, 11) is 0. The zero-order chi connectivity index (χ0) is 13.5. The first kappa shape index (κ1) is 16.8. The van der Waals surface area contributed by atoms with Gasteiger partial charge in [-0.05, 0) is 39.9 Å². The SMILES string of the molecule is CCC(CC)NC(=O)C(C)NCC(C)(C)SC. The standard InChI is InChI=1S/C13H28N2OS/c1-7-11(8-2)15-12(16)10(3)14-9-13(4,5)17-6/h10-11,14H,7-9H2,1-6H3,(H,15,16). The molecule has 2 N–H and O–H groups in total. The van der Waals surface area contributed by atoms with E-state index in [-0.39, 0.29) is 16.7 Å². The monoisotopic (exact) mass is 260 g/mol. The molecular formula is C13H28N2OS. The molecule has 0 spiro atoms. The first-order valence-corrected chi connectivity index (χ1v) is 7.67. The van der Waals surface area contributed by atoms with Gasteiger partial charge in [0.25, 0.3) is 0 Å². The van der Waals surface area contributed by atoms with Crippen molar-refractivity contribution in [1.82, 2.24) is 10.6 Å².